The van der Waals surface area contributed by atoms with E-state index < -0.39 is 0 Å². The van der Waals surface area contributed by atoms with E-state index >= 15 is 0 Å². The molecule has 1 aromatic rings. The molecule has 4 heteroatoms. The van der Waals surface area contributed by atoms with E-state index in [2.05, 4.69) is 24.1 Å². The molecule has 1 unspecified atom stereocenters. The molecule has 0 aliphatic carbocycles. The van der Waals surface area contributed by atoms with Crippen LogP contribution in [0, 0.1) is 0 Å². The molecule has 20 heavy (non-hydrogen) atoms. The molecule has 1 heterocycles. The molecular formula is C16H23ClN2O. The molecule has 0 radical (unpaired) electrons. The number of piperazine rings is 1. The second-order valence-corrected chi connectivity index (χ2v) is 5.80. The second kappa shape index (κ2) is 7.65. The zero-order valence-corrected chi connectivity index (χ0v) is 12.9. The Morgan fingerprint density at radius 2 is 2.00 bits per heavy atom. The van der Waals surface area contributed by atoms with Crippen molar-refractivity contribution in [2.24, 2.45) is 0 Å². The van der Waals surface area contributed by atoms with Crippen molar-refractivity contribution in [3.05, 3.63) is 35.9 Å². The van der Waals surface area contributed by atoms with Gasteiger partial charge in [0.2, 0.25) is 5.91 Å². The number of amides is 1. The SMILES string of the molecule is CN1CCN(C(=O)CCCCCl)C(c2ccccc2)C1. The van der Waals surface area contributed by atoms with Crippen LogP contribution in [0.15, 0.2) is 30.3 Å². The summed E-state index contributed by atoms with van der Waals surface area (Å²) in [4.78, 5) is 16.8. The van der Waals surface area contributed by atoms with Crippen molar-refractivity contribution in [2.45, 2.75) is 25.3 Å². The number of alkyl halides is 1. The third-order valence-electron chi connectivity index (χ3n) is 3.86. The smallest absolute Gasteiger partial charge is 0.223 e. The molecule has 1 fully saturated rings. The standard InChI is InChI=1S/C16H23ClN2O/c1-18-11-12-19(16(20)9-5-6-10-17)15(13-18)14-7-3-2-4-8-14/h2-4,7-8,15H,5-6,9-13H2,1H3. The van der Waals surface area contributed by atoms with Crippen LogP contribution in [0.4, 0.5) is 0 Å². The Hall–Kier alpha value is -1.06. The van der Waals surface area contributed by atoms with Gasteiger partial charge >= 0.3 is 0 Å². The van der Waals surface area contributed by atoms with Crippen molar-refractivity contribution in [3.63, 3.8) is 0 Å². The van der Waals surface area contributed by atoms with E-state index in [1.807, 2.05) is 23.1 Å². The van der Waals surface area contributed by atoms with Gasteiger partial charge < -0.3 is 9.80 Å². The van der Waals surface area contributed by atoms with Crippen molar-refractivity contribution >= 4 is 17.5 Å². The number of likely N-dealkylation sites (N-methyl/N-ethyl adjacent to an activating group) is 1. The Balaban J connectivity index is 2.06. The van der Waals surface area contributed by atoms with E-state index in [0.717, 1.165) is 32.5 Å². The molecule has 0 bridgehead atoms. The molecule has 1 amide bonds. The number of unbranched alkanes of at least 4 members (excludes halogenated alkanes) is 1. The summed E-state index contributed by atoms with van der Waals surface area (Å²) in [5, 5.41) is 0. The highest BCUT2D eigenvalue weighted by Crippen LogP contribution is 2.25. The highest BCUT2D eigenvalue weighted by Gasteiger charge is 2.29. The van der Waals surface area contributed by atoms with E-state index in [0.29, 0.717) is 12.3 Å². The molecule has 0 spiro atoms. The first-order valence-corrected chi connectivity index (χ1v) is 7.84. The first-order chi connectivity index (χ1) is 9.72. The third kappa shape index (κ3) is 3.97. The lowest BCUT2D eigenvalue weighted by Gasteiger charge is -2.40. The number of nitrogens with zero attached hydrogens (tertiary/aromatic N) is 2. The minimum absolute atomic E-state index is 0.179. The summed E-state index contributed by atoms with van der Waals surface area (Å²) in [6, 6.07) is 10.5. The van der Waals surface area contributed by atoms with Gasteiger partial charge in [-0.3, -0.25) is 4.79 Å². The molecule has 1 saturated heterocycles. The van der Waals surface area contributed by atoms with Crippen LogP contribution in [0.3, 0.4) is 0 Å². The van der Waals surface area contributed by atoms with Crippen molar-refractivity contribution in [1.82, 2.24) is 9.80 Å². The zero-order valence-electron chi connectivity index (χ0n) is 12.1. The number of carbonyl (C=O) groups excluding carboxylic acids is 1. The summed E-state index contributed by atoms with van der Waals surface area (Å²) in [6.07, 6.45) is 2.41. The molecule has 1 atom stereocenters. The minimum Gasteiger partial charge on any atom is -0.333 e. The number of benzene rings is 1. The minimum atomic E-state index is 0.179. The molecule has 1 aliphatic heterocycles. The number of hydrogen-bond donors (Lipinski definition) is 0. The van der Waals surface area contributed by atoms with Gasteiger partial charge in [0.05, 0.1) is 6.04 Å². The molecule has 0 N–H and O–H groups in total. The zero-order chi connectivity index (χ0) is 14.4. The normalized spacial score (nSPS) is 20.1. The average Bonchev–Trinajstić information content (AvgIpc) is 2.48. The number of hydrogen-bond acceptors (Lipinski definition) is 2. The van der Waals surface area contributed by atoms with E-state index in [9.17, 15) is 4.79 Å². The van der Waals surface area contributed by atoms with Crippen LogP contribution in [0.2, 0.25) is 0 Å². The summed E-state index contributed by atoms with van der Waals surface area (Å²) in [7, 11) is 2.12. The fourth-order valence-electron chi connectivity index (χ4n) is 2.69. The van der Waals surface area contributed by atoms with Crippen LogP contribution in [-0.2, 0) is 4.79 Å². The lowest BCUT2D eigenvalue weighted by atomic mass is 10.0. The molecule has 110 valence electrons. The molecule has 3 nitrogen and oxygen atoms in total. The summed E-state index contributed by atoms with van der Waals surface area (Å²) >= 11 is 5.68. The van der Waals surface area contributed by atoms with Crippen LogP contribution in [0.1, 0.15) is 30.9 Å². The summed E-state index contributed by atoms with van der Waals surface area (Å²) in [6.45, 7) is 2.67. The molecule has 1 aromatic carbocycles. The largest absolute Gasteiger partial charge is 0.333 e. The molecule has 0 saturated carbocycles. The monoisotopic (exact) mass is 294 g/mol. The van der Waals surface area contributed by atoms with Gasteiger partial charge in [-0.05, 0) is 25.5 Å². The third-order valence-corrected chi connectivity index (χ3v) is 4.13. The first-order valence-electron chi connectivity index (χ1n) is 7.31. The number of halogens is 1. The van der Waals surface area contributed by atoms with Gasteiger partial charge in [0, 0.05) is 31.9 Å². The first kappa shape index (κ1) is 15.3. The van der Waals surface area contributed by atoms with Crippen molar-refractivity contribution in [2.75, 3.05) is 32.6 Å². The molecular weight excluding hydrogens is 272 g/mol. The summed E-state index contributed by atoms with van der Waals surface area (Å²) in [5.41, 5.74) is 1.23. The lowest BCUT2D eigenvalue weighted by Crippen LogP contribution is -2.49. The topological polar surface area (TPSA) is 23.6 Å². The maximum atomic E-state index is 12.4. The fourth-order valence-corrected chi connectivity index (χ4v) is 2.88. The van der Waals surface area contributed by atoms with E-state index in [-0.39, 0.29) is 11.9 Å². The molecule has 0 aromatic heterocycles. The second-order valence-electron chi connectivity index (χ2n) is 5.42. The van der Waals surface area contributed by atoms with Gasteiger partial charge in [0.15, 0.2) is 0 Å². The molecule has 1 aliphatic rings. The van der Waals surface area contributed by atoms with Crippen LogP contribution < -0.4 is 0 Å². The van der Waals surface area contributed by atoms with Crippen LogP contribution in [-0.4, -0.2) is 48.3 Å². The summed E-state index contributed by atoms with van der Waals surface area (Å²) < 4.78 is 0. The predicted molar refractivity (Wildman–Crippen MR) is 83.0 cm³/mol. The van der Waals surface area contributed by atoms with E-state index in [1.54, 1.807) is 0 Å². The maximum Gasteiger partial charge on any atom is 0.223 e. The maximum absolute atomic E-state index is 12.4. The Kier molecular flexibility index (Phi) is 5.86. The lowest BCUT2D eigenvalue weighted by molar-refractivity contribution is -0.136. The van der Waals surface area contributed by atoms with Gasteiger partial charge in [-0.1, -0.05) is 30.3 Å². The Bertz CT molecular complexity index is 424. The average molecular weight is 295 g/mol. The van der Waals surface area contributed by atoms with Gasteiger partial charge in [-0.2, -0.15) is 0 Å². The van der Waals surface area contributed by atoms with Crippen molar-refractivity contribution in [1.29, 1.82) is 0 Å². The number of carbonyl (C=O) groups is 1. The molecule has 2 rings (SSSR count). The van der Waals surface area contributed by atoms with E-state index in [4.69, 9.17) is 11.6 Å². The van der Waals surface area contributed by atoms with Gasteiger partial charge in [0.1, 0.15) is 0 Å². The van der Waals surface area contributed by atoms with Gasteiger partial charge in [-0.15, -0.1) is 11.6 Å². The Labute approximate surface area is 126 Å². The van der Waals surface area contributed by atoms with Crippen LogP contribution in [0.25, 0.3) is 0 Å². The Morgan fingerprint density at radius 1 is 1.25 bits per heavy atom. The quantitative estimate of drug-likeness (QED) is 0.616. The predicted octanol–water partition coefficient (Wildman–Crippen LogP) is 2.91. The number of rotatable bonds is 5. The van der Waals surface area contributed by atoms with E-state index in [1.165, 1.54) is 5.56 Å². The highest BCUT2D eigenvalue weighted by atomic mass is 35.5. The van der Waals surface area contributed by atoms with Crippen LogP contribution >= 0.6 is 11.6 Å². The van der Waals surface area contributed by atoms with Crippen molar-refractivity contribution in [3.8, 4) is 0 Å². The van der Waals surface area contributed by atoms with Crippen LogP contribution in [0.5, 0.6) is 0 Å². The van der Waals surface area contributed by atoms with Crippen molar-refractivity contribution < 1.29 is 4.79 Å². The summed E-state index contributed by atoms with van der Waals surface area (Å²) in [5.74, 6) is 0.898. The fraction of sp³-hybridized carbons (Fsp3) is 0.562. The highest BCUT2D eigenvalue weighted by molar-refractivity contribution is 6.17. The van der Waals surface area contributed by atoms with Gasteiger partial charge in [0.25, 0.3) is 0 Å². The Morgan fingerprint density at radius 3 is 2.70 bits per heavy atom. The van der Waals surface area contributed by atoms with Gasteiger partial charge in [-0.25, -0.2) is 0 Å².